The fourth-order valence-corrected chi connectivity index (χ4v) is 2.03. The third-order valence-electron chi connectivity index (χ3n) is 2.93. The fourth-order valence-electron chi connectivity index (χ4n) is 2.03. The van der Waals surface area contributed by atoms with Crippen LogP contribution in [0.3, 0.4) is 0 Å². The molecule has 2 heteroatoms. The lowest BCUT2D eigenvalue weighted by molar-refractivity contribution is 0.715. The molecule has 0 unspecified atom stereocenters. The Labute approximate surface area is 109 Å². The lowest BCUT2D eigenvalue weighted by Crippen LogP contribution is -2.16. The average Bonchev–Trinajstić information content (AvgIpc) is 2.39. The van der Waals surface area contributed by atoms with Crippen molar-refractivity contribution < 1.29 is 0 Å². The van der Waals surface area contributed by atoms with E-state index in [4.69, 9.17) is 0 Å². The predicted molar refractivity (Wildman–Crippen MR) is 78.6 cm³/mol. The van der Waals surface area contributed by atoms with Crippen molar-refractivity contribution >= 4 is 16.8 Å². The number of nitrogens with one attached hydrogen (secondary N) is 1. The molecule has 0 fully saturated rings. The molecule has 0 atom stereocenters. The number of benzene rings is 1. The van der Waals surface area contributed by atoms with Crippen molar-refractivity contribution in [2.45, 2.75) is 20.3 Å². The van der Waals surface area contributed by atoms with Gasteiger partial charge >= 0.3 is 0 Å². The molecule has 0 spiro atoms. The topological polar surface area (TPSA) is 24.9 Å². The van der Waals surface area contributed by atoms with Gasteiger partial charge in [0, 0.05) is 29.9 Å². The highest BCUT2D eigenvalue weighted by Crippen LogP contribution is 2.19. The van der Waals surface area contributed by atoms with E-state index in [0.717, 1.165) is 13.1 Å². The summed E-state index contributed by atoms with van der Waals surface area (Å²) < 4.78 is 0. The van der Waals surface area contributed by atoms with E-state index in [2.05, 4.69) is 48.4 Å². The van der Waals surface area contributed by atoms with Crippen molar-refractivity contribution in [3.05, 3.63) is 47.8 Å². The summed E-state index contributed by atoms with van der Waals surface area (Å²) in [6, 6.07) is 8.37. The molecule has 1 aromatic carbocycles. The van der Waals surface area contributed by atoms with Crippen LogP contribution in [0.5, 0.6) is 0 Å². The molecule has 94 valence electrons. The molecule has 1 N–H and O–H groups in total. The molecule has 2 rings (SSSR count). The molecular formula is C16H20N2. The zero-order valence-corrected chi connectivity index (χ0v) is 11.1. The molecule has 18 heavy (non-hydrogen) atoms. The first-order valence-corrected chi connectivity index (χ1v) is 6.52. The number of rotatable bonds is 5. The summed E-state index contributed by atoms with van der Waals surface area (Å²) in [6.45, 7) is 6.35. The number of nitrogens with zero attached hydrogens (tertiary/aromatic N) is 1. The summed E-state index contributed by atoms with van der Waals surface area (Å²) in [5.41, 5.74) is 2.53. The van der Waals surface area contributed by atoms with Crippen molar-refractivity contribution in [3.8, 4) is 0 Å². The second kappa shape index (κ2) is 6.31. The maximum atomic E-state index is 4.30. The van der Waals surface area contributed by atoms with Gasteiger partial charge in [0.05, 0.1) is 0 Å². The van der Waals surface area contributed by atoms with E-state index in [0.29, 0.717) is 0 Å². The van der Waals surface area contributed by atoms with E-state index < -0.39 is 0 Å². The second-order valence-corrected chi connectivity index (χ2v) is 4.62. The van der Waals surface area contributed by atoms with Crippen LogP contribution >= 0.6 is 0 Å². The minimum Gasteiger partial charge on any atom is -0.313 e. The minimum atomic E-state index is 0.942. The normalized spacial score (nSPS) is 12.0. The molecule has 0 aliphatic rings. The minimum absolute atomic E-state index is 0.942. The average molecular weight is 240 g/mol. The molecule has 0 saturated heterocycles. The molecule has 0 bridgehead atoms. The van der Waals surface area contributed by atoms with Crippen molar-refractivity contribution in [2.75, 3.05) is 13.1 Å². The Bertz CT molecular complexity index is 538. The van der Waals surface area contributed by atoms with Crippen LogP contribution in [0, 0.1) is 0 Å². The number of fused-ring (bicyclic) bond motifs is 1. The lowest BCUT2D eigenvalue weighted by Gasteiger charge is -2.05. The largest absolute Gasteiger partial charge is 0.313 e. The quantitative estimate of drug-likeness (QED) is 0.807. The van der Waals surface area contributed by atoms with Crippen molar-refractivity contribution in [1.82, 2.24) is 10.3 Å². The van der Waals surface area contributed by atoms with Gasteiger partial charge in [0.2, 0.25) is 0 Å². The molecule has 2 nitrogen and oxygen atoms in total. The summed E-state index contributed by atoms with van der Waals surface area (Å²) in [7, 11) is 0. The number of aromatic nitrogens is 1. The van der Waals surface area contributed by atoms with E-state index in [1.165, 1.54) is 28.3 Å². The summed E-state index contributed by atoms with van der Waals surface area (Å²) >= 11 is 0. The molecule has 1 aromatic heterocycles. The molecule has 1 heterocycles. The Hall–Kier alpha value is -1.67. The van der Waals surface area contributed by atoms with Gasteiger partial charge in [-0.3, -0.25) is 4.98 Å². The van der Waals surface area contributed by atoms with E-state index >= 15 is 0 Å². The fraction of sp³-hybridized carbons (Fsp3) is 0.312. The van der Waals surface area contributed by atoms with Gasteiger partial charge in [0.15, 0.2) is 0 Å². The van der Waals surface area contributed by atoms with Gasteiger partial charge in [-0.1, -0.05) is 42.8 Å². The summed E-state index contributed by atoms with van der Waals surface area (Å²) in [5, 5.41) is 5.88. The van der Waals surface area contributed by atoms with Crippen LogP contribution in [-0.2, 0) is 0 Å². The van der Waals surface area contributed by atoms with E-state index in [9.17, 15) is 0 Å². The van der Waals surface area contributed by atoms with Gasteiger partial charge in [-0.25, -0.2) is 0 Å². The Kier molecular flexibility index (Phi) is 4.48. The maximum Gasteiger partial charge on any atom is 0.0346 e. The first-order valence-electron chi connectivity index (χ1n) is 6.52. The van der Waals surface area contributed by atoms with Crippen LogP contribution in [-0.4, -0.2) is 18.1 Å². The zero-order chi connectivity index (χ0) is 12.8. The van der Waals surface area contributed by atoms with Crippen LogP contribution in [0.4, 0.5) is 0 Å². The Morgan fingerprint density at radius 3 is 2.94 bits per heavy atom. The lowest BCUT2D eigenvalue weighted by atomic mass is 10.1. The number of hydrogen-bond donors (Lipinski definition) is 1. The van der Waals surface area contributed by atoms with Crippen LogP contribution in [0.25, 0.3) is 16.8 Å². The van der Waals surface area contributed by atoms with Crippen LogP contribution in [0.15, 0.2) is 42.2 Å². The Morgan fingerprint density at radius 2 is 2.11 bits per heavy atom. The zero-order valence-electron chi connectivity index (χ0n) is 11.1. The molecule has 0 amide bonds. The molecule has 0 aliphatic heterocycles. The predicted octanol–water partition coefficient (Wildman–Crippen LogP) is 3.64. The van der Waals surface area contributed by atoms with Gasteiger partial charge in [0.1, 0.15) is 0 Å². The van der Waals surface area contributed by atoms with Crippen LogP contribution in [0.1, 0.15) is 25.8 Å². The van der Waals surface area contributed by atoms with E-state index in [1.54, 1.807) is 0 Å². The monoisotopic (exact) mass is 240 g/mol. The maximum absolute atomic E-state index is 4.30. The van der Waals surface area contributed by atoms with Gasteiger partial charge in [-0.15, -0.1) is 0 Å². The highest BCUT2D eigenvalue weighted by molar-refractivity contribution is 5.89. The first kappa shape index (κ1) is 12.8. The van der Waals surface area contributed by atoms with Crippen molar-refractivity contribution in [3.63, 3.8) is 0 Å². The smallest absolute Gasteiger partial charge is 0.0346 e. The Balaban J connectivity index is 2.23. The van der Waals surface area contributed by atoms with Gasteiger partial charge in [0.25, 0.3) is 0 Å². The molecule has 0 aliphatic carbocycles. The second-order valence-electron chi connectivity index (χ2n) is 4.62. The summed E-state index contributed by atoms with van der Waals surface area (Å²) in [6.07, 6.45) is 7.24. The number of hydrogen-bond acceptors (Lipinski definition) is 2. The van der Waals surface area contributed by atoms with Crippen LogP contribution in [0.2, 0.25) is 0 Å². The van der Waals surface area contributed by atoms with Crippen molar-refractivity contribution in [2.24, 2.45) is 0 Å². The standard InChI is InChI=1S/C16H20N2/c1-3-8-17-10-13(2)9-15-12-18-11-14-6-4-5-7-16(14)15/h4-7,9,11-12,17H,3,8,10H2,1-2H3/b13-9+. The summed E-state index contributed by atoms with van der Waals surface area (Å²) in [4.78, 5) is 4.30. The highest BCUT2D eigenvalue weighted by Gasteiger charge is 1.98. The van der Waals surface area contributed by atoms with Gasteiger partial charge < -0.3 is 5.32 Å². The third kappa shape index (κ3) is 3.17. The molecule has 2 aromatic rings. The molecular weight excluding hydrogens is 220 g/mol. The van der Waals surface area contributed by atoms with Crippen molar-refractivity contribution in [1.29, 1.82) is 0 Å². The van der Waals surface area contributed by atoms with Crippen LogP contribution < -0.4 is 5.32 Å². The number of pyridine rings is 1. The van der Waals surface area contributed by atoms with Gasteiger partial charge in [-0.05, 0) is 25.3 Å². The Morgan fingerprint density at radius 1 is 1.28 bits per heavy atom. The molecule has 0 radical (unpaired) electrons. The highest BCUT2D eigenvalue weighted by atomic mass is 14.8. The SMILES string of the molecule is CCCNC/C(C)=C/c1cncc2ccccc12. The van der Waals surface area contributed by atoms with E-state index in [-0.39, 0.29) is 0 Å². The molecule has 0 saturated carbocycles. The van der Waals surface area contributed by atoms with Gasteiger partial charge in [-0.2, -0.15) is 0 Å². The van der Waals surface area contributed by atoms with E-state index in [1.807, 2.05) is 18.5 Å². The third-order valence-corrected chi connectivity index (χ3v) is 2.93. The summed E-state index contributed by atoms with van der Waals surface area (Å²) in [5.74, 6) is 0. The first-order chi connectivity index (χ1) is 8.81.